The Bertz CT molecular complexity index is 586. The summed E-state index contributed by atoms with van der Waals surface area (Å²) in [6, 6.07) is 9.61. The van der Waals surface area contributed by atoms with Crippen LogP contribution in [0.3, 0.4) is 0 Å². The molecule has 0 saturated heterocycles. The molecule has 20 heavy (non-hydrogen) atoms. The molecule has 2 rings (SSSR count). The maximum absolute atomic E-state index is 12.1. The number of carbonyl (C=O) groups excluding carboxylic acids is 1. The number of nitrogens with one attached hydrogen (secondary N) is 2. The van der Waals surface area contributed by atoms with Crippen LogP contribution in [-0.4, -0.2) is 22.2 Å². The van der Waals surface area contributed by atoms with Crippen LogP contribution in [0.2, 0.25) is 0 Å². The molecule has 5 heteroatoms. The van der Waals surface area contributed by atoms with Crippen LogP contribution in [0.25, 0.3) is 0 Å². The molecular formula is C15H20N4O. The lowest BCUT2D eigenvalue weighted by Gasteiger charge is -2.07. The summed E-state index contributed by atoms with van der Waals surface area (Å²) < 4.78 is 1.59. The molecule has 1 heterocycles. The minimum atomic E-state index is -0.146. The highest BCUT2D eigenvalue weighted by atomic mass is 16.2. The average Bonchev–Trinajstić information content (AvgIpc) is 2.77. The van der Waals surface area contributed by atoms with Gasteiger partial charge in [0.25, 0.3) is 5.91 Å². The van der Waals surface area contributed by atoms with Gasteiger partial charge < -0.3 is 10.6 Å². The van der Waals surface area contributed by atoms with Crippen LogP contribution < -0.4 is 10.6 Å². The van der Waals surface area contributed by atoms with E-state index in [1.165, 1.54) is 5.56 Å². The fourth-order valence-electron chi connectivity index (χ4n) is 1.99. The zero-order chi connectivity index (χ0) is 14.5. The molecule has 0 aliphatic carbocycles. The van der Waals surface area contributed by atoms with E-state index in [2.05, 4.69) is 22.7 Å². The minimum absolute atomic E-state index is 0.146. The molecule has 1 amide bonds. The molecule has 0 aliphatic rings. The molecule has 0 atom stereocenters. The van der Waals surface area contributed by atoms with Gasteiger partial charge in [0, 0.05) is 19.3 Å². The summed E-state index contributed by atoms with van der Waals surface area (Å²) in [5, 5.41) is 10.3. The van der Waals surface area contributed by atoms with Gasteiger partial charge in [-0.15, -0.1) is 0 Å². The van der Waals surface area contributed by atoms with Crippen LogP contribution in [0.5, 0.6) is 0 Å². The fraction of sp³-hybridized carbons (Fsp3) is 0.333. The van der Waals surface area contributed by atoms with Gasteiger partial charge in [0.15, 0.2) is 0 Å². The zero-order valence-electron chi connectivity index (χ0n) is 12.1. The summed E-state index contributed by atoms with van der Waals surface area (Å²) >= 11 is 0. The first kappa shape index (κ1) is 14.3. The lowest BCUT2D eigenvalue weighted by atomic mass is 10.2. The van der Waals surface area contributed by atoms with E-state index in [-0.39, 0.29) is 5.91 Å². The number of aryl methyl sites for hydroxylation is 2. The van der Waals surface area contributed by atoms with Crippen molar-refractivity contribution in [1.29, 1.82) is 0 Å². The lowest BCUT2D eigenvalue weighted by Crippen LogP contribution is -2.16. The zero-order valence-corrected chi connectivity index (χ0v) is 12.1. The van der Waals surface area contributed by atoms with Crippen LogP contribution >= 0.6 is 0 Å². The van der Waals surface area contributed by atoms with Crippen molar-refractivity contribution in [3.05, 3.63) is 47.3 Å². The van der Waals surface area contributed by atoms with Crippen molar-refractivity contribution < 1.29 is 4.79 Å². The van der Waals surface area contributed by atoms with Gasteiger partial charge in [0.2, 0.25) is 0 Å². The van der Waals surface area contributed by atoms with Crippen molar-refractivity contribution in [2.45, 2.75) is 20.4 Å². The monoisotopic (exact) mass is 272 g/mol. The Morgan fingerprint density at radius 2 is 2.00 bits per heavy atom. The van der Waals surface area contributed by atoms with Crippen molar-refractivity contribution in [2.24, 2.45) is 7.05 Å². The number of hydrogen-bond acceptors (Lipinski definition) is 3. The molecule has 0 radical (unpaired) electrons. The first-order valence-corrected chi connectivity index (χ1v) is 6.72. The summed E-state index contributed by atoms with van der Waals surface area (Å²) in [6.45, 7) is 5.72. The number of anilines is 1. The Labute approximate surface area is 119 Å². The van der Waals surface area contributed by atoms with Gasteiger partial charge in [-0.25, -0.2) is 0 Å². The van der Waals surface area contributed by atoms with Crippen LogP contribution in [-0.2, 0) is 13.6 Å². The summed E-state index contributed by atoms with van der Waals surface area (Å²) in [6.07, 6.45) is 0. The number of benzene rings is 1. The Morgan fingerprint density at radius 3 is 2.55 bits per heavy atom. The Balaban J connectivity index is 2.02. The van der Waals surface area contributed by atoms with Crippen molar-refractivity contribution >= 4 is 11.6 Å². The van der Waals surface area contributed by atoms with E-state index >= 15 is 0 Å². The van der Waals surface area contributed by atoms with Crippen LogP contribution in [0.1, 0.15) is 28.7 Å². The molecule has 1 aromatic carbocycles. The summed E-state index contributed by atoms with van der Waals surface area (Å²) in [7, 11) is 1.77. The molecule has 0 saturated carbocycles. The second-order valence-corrected chi connectivity index (χ2v) is 4.73. The number of amides is 1. The summed E-state index contributed by atoms with van der Waals surface area (Å²) in [5.74, 6) is -0.146. The van der Waals surface area contributed by atoms with Gasteiger partial charge >= 0.3 is 0 Å². The van der Waals surface area contributed by atoms with Crippen molar-refractivity contribution in [3.63, 3.8) is 0 Å². The molecule has 0 bridgehead atoms. The molecule has 1 aromatic heterocycles. The van der Waals surface area contributed by atoms with Gasteiger partial charge in [0.05, 0.1) is 5.69 Å². The van der Waals surface area contributed by atoms with Crippen LogP contribution in [0, 0.1) is 6.92 Å². The van der Waals surface area contributed by atoms with Crippen molar-refractivity contribution in [1.82, 2.24) is 15.1 Å². The predicted molar refractivity (Wildman–Crippen MR) is 79.7 cm³/mol. The third kappa shape index (κ3) is 3.45. The Kier molecular flexibility index (Phi) is 4.53. The Morgan fingerprint density at radius 1 is 1.30 bits per heavy atom. The number of rotatable bonds is 5. The van der Waals surface area contributed by atoms with E-state index in [0.717, 1.165) is 24.5 Å². The minimum Gasteiger partial charge on any atom is -0.321 e. The third-order valence-electron chi connectivity index (χ3n) is 3.03. The fourth-order valence-corrected chi connectivity index (χ4v) is 1.99. The van der Waals surface area contributed by atoms with Gasteiger partial charge in [-0.05, 0) is 37.2 Å². The number of nitrogens with zero attached hydrogens (tertiary/aromatic N) is 2. The first-order chi connectivity index (χ1) is 9.60. The molecule has 2 aromatic rings. The van der Waals surface area contributed by atoms with Crippen molar-refractivity contribution in [3.8, 4) is 0 Å². The summed E-state index contributed by atoms with van der Waals surface area (Å²) in [4.78, 5) is 12.1. The normalized spacial score (nSPS) is 10.6. The van der Waals surface area contributed by atoms with Gasteiger partial charge in [0.1, 0.15) is 5.69 Å². The molecule has 0 aliphatic heterocycles. The second kappa shape index (κ2) is 6.34. The Hall–Kier alpha value is -2.14. The molecule has 106 valence electrons. The van der Waals surface area contributed by atoms with E-state index in [1.54, 1.807) is 17.8 Å². The quantitative estimate of drug-likeness (QED) is 0.876. The highest BCUT2D eigenvalue weighted by molar-refractivity contribution is 6.03. The summed E-state index contributed by atoms with van der Waals surface area (Å²) in [5.41, 5.74) is 3.37. The molecule has 0 unspecified atom stereocenters. The van der Waals surface area contributed by atoms with E-state index < -0.39 is 0 Å². The van der Waals surface area contributed by atoms with E-state index in [4.69, 9.17) is 0 Å². The van der Waals surface area contributed by atoms with Crippen LogP contribution in [0.4, 0.5) is 5.69 Å². The van der Waals surface area contributed by atoms with E-state index in [0.29, 0.717) is 5.69 Å². The van der Waals surface area contributed by atoms with E-state index in [1.807, 2.05) is 31.2 Å². The largest absolute Gasteiger partial charge is 0.321 e. The molecule has 2 N–H and O–H groups in total. The number of hydrogen-bond donors (Lipinski definition) is 2. The highest BCUT2D eigenvalue weighted by Gasteiger charge is 2.11. The number of aromatic nitrogens is 2. The average molecular weight is 272 g/mol. The maximum Gasteiger partial charge on any atom is 0.273 e. The van der Waals surface area contributed by atoms with Gasteiger partial charge in [-0.3, -0.25) is 9.48 Å². The molecule has 0 fully saturated rings. The standard InChI is InChI=1S/C15H20N4O/c1-4-16-10-12-5-7-13(8-6-12)17-15(20)14-9-11(2)18-19(14)3/h5-9,16H,4,10H2,1-3H3,(H,17,20). The second-order valence-electron chi connectivity index (χ2n) is 4.73. The lowest BCUT2D eigenvalue weighted by molar-refractivity contribution is 0.101. The van der Waals surface area contributed by atoms with E-state index in [9.17, 15) is 4.79 Å². The first-order valence-electron chi connectivity index (χ1n) is 6.72. The third-order valence-corrected chi connectivity index (χ3v) is 3.03. The topological polar surface area (TPSA) is 58.9 Å². The van der Waals surface area contributed by atoms with Crippen LogP contribution in [0.15, 0.2) is 30.3 Å². The molecule has 5 nitrogen and oxygen atoms in total. The molecule has 0 spiro atoms. The SMILES string of the molecule is CCNCc1ccc(NC(=O)c2cc(C)nn2C)cc1. The maximum atomic E-state index is 12.1. The van der Waals surface area contributed by atoms with Gasteiger partial charge in [-0.1, -0.05) is 19.1 Å². The molecular weight excluding hydrogens is 252 g/mol. The van der Waals surface area contributed by atoms with Gasteiger partial charge in [-0.2, -0.15) is 5.10 Å². The van der Waals surface area contributed by atoms with Crippen molar-refractivity contribution in [2.75, 3.05) is 11.9 Å². The smallest absolute Gasteiger partial charge is 0.273 e. The highest BCUT2D eigenvalue weighted by Crippen LogP contribution is 2.12. The number of carbonyl (C=O) groups is 1. The predicted octanol–water partition coefficient (Wildman–Crippen LogP) is 2.09.